The van der Waals surface area contributed by atoms with E-state index in [1.54, 1.807) is 90.4 Å². The van der Waals surface area contributed by atoms with Gasteiger partial charge in [-0.1, -0.05) is 0 Å². The van der Waals surface area contributed by atoms with Gasteiger partial charge in [0, 0.05) is 0 Å². The Labute approximate surface area is 107 Å². The minimum atomic E-state index is -0.727. The molecule has 2 N–H and O–H groups in total. The summed E-state index contributed by atoms with van der Waals surface area (Å²) in [6.07, 6.45) is 0. The summed E-state index contributed by atoms with van der Waals surface area (Å²) >= 11 is 6.49. The second-order valence-electron chi connectivity index (χ2n) is 0.462. The van der Waals surface area contributed by atoms with Gasteiger partial charge in [0.2, 0.25) is 2.19 Å². The predicted molar refractivity (Wildman–Crippen MR) is 68.9 cm³/mol. The van der Waals surface area contributed by atoms with Crippen molar-refractivity contribution in [2.24, 2.45) is 0 Å². The maximum absolute atomic E-state index is 11.0. The van der Waals surface area contributed by atoms with Crippen molar-refractivity contribution in [2.75, 3.05) is 0 Å². The quantitative estimate of drug-likeness (QED) is 0.307. The van der Waals surface area contributed by atoms with Crippen molar-refractivity contribution in [1.29, 1.82) is 0 Å². The molecule has 0 aromatic carbocycles. The molecule has 0 fully saturated rings. The predicted octanol–water partition coefficient (Wildman–Crippen LogP) is 3.56. The van der Waals surface area contributed by atoms with Gasteiger partial charge in [0.1, 0.15) is 0 Å². The molecule has 0 spiro atoms. The van der Waals surface area contributed by atoms with Crippen molar-refractivity contribution in [3.63, 3.8) is 0 Å². The fraction of sp³-hybridized carbons (Fsp3) is 0.500. The molecule has 0 saturated heterocycles. The van der Waals surface area contributed by atoms with E-state index in [1.807, 2.05) is 0 Å². The van der Waals surface area contributed by atoms with E-state index in [0.717, 1.165) is 0 Å². The molecular formula is C2H3F2I4O. The first-order valence-corrected chi connectivity index (χ1v) is 5.87. The maximum Gasteiger partial charge on any atom is 0.262 e. The highest BCUT2D eigenvalue weighted by molar-refractivity contribution is 14.2. The molecule has 9 heavy (non-hydrogen) atoms. The van der Waals surface area contributed by atoms with Crippen molar-refractivity contribution in [3.8, 4) is 0 Å². The fourth-order valence-corrected chi connectivity index (χ4v) is 0. The Morgan fingerprint density at radius 1 is 1.22 bits per heavy atom. The van der Waals surface area contributed by atoms with Gasteiger partial charge in [-0.2, -0.15) is 0 Å². The lowest BCUT2D eigenvalue weighted by molar-refractivity contribution is 0.603. The van der Waals surface area contributed by atoms with E-state index in [0.29, 0.717) is 0 Å². The molecule has 0 unspecified atom stereocenters. The lowest BCUT2D eigenvalue weighted by Gasteiger charge is -1.69. The van der Waals surface area contributed by atoms with Crippen LogP contribution < -0.4 is 0 Å². The number of halogens is 6. The normalized spacial score (nSPS) is 8.00. The van der Waals surface area contributed by atoms with Crippen LogP contribution >= 0.6 is 90.4 Å². The molecule has 0 aromatic heterocycles. The minimum absolute atomic E-state index is 0. The van der Waals surface area contributed by atoms with Crippen LogP contribution in [-0.4, -0.2) is 7.66 Å². The summed E-state index contributed by atoms with van der Waals surface area (Å²) in [6.45, 7) is 0. The first kappa shape index (κ1) is 17.7. The Kier molecular flexibility index (Phi) is 26.3. The first-order valence-electron chi connectivity index (χ1n) is 1.22. The van der Waals surface area contributed by atoms with Gasteiger partial charge >= 0.3 is 0 Å². The van der Waals surface area contributed by atoms with Crippen LogP contribution in [0.25, 0.3) is 0 Å². The van der Waals surface area contributed by atoms with Crippen LogP contribution in [0.2, 0.25) is 0 Å². The zero-order valence-electron chi connectivity index (χ0n) is 3.85. The van der Waals surface area contributed by atoms with Gasteiger partial charge < -0.3 is 5.48 Å². The van der Waals surface area contributed by atoms with Crippen LogP contribution in [0.1, 0.15) is 0 Å². The molecule has 0 heterocycles. The lowest BCUT2D eigenvalue weighted by atomic mass is 11.9. The SMILES string of the molecule is FC(I)I.F[C](I)I.O. The van der Waals surface area contributed by atoms with Crippen LogP contribution in [0.5, 0.6) is 0 Å². The third-order valence-electron chi connectivity index (χ3n) is 0. The lowest BCUT2D eigenvalue weighted by Crippen LogP contribution is -1.54. The van der Waals surface area contributed by atoms with Crippen LogP contribution in [0.4, 0.5) is 8.78 Å². The Hall–Kier alpha value is 2.74. The molecule has 7 heteroatoms. The van der Waals surface area contributed by atoms with Gasteiger partial charge in [-0.15, -0.1) is 0 Å². The van der Waals surface area contributed by atoms with Gasteiger partial charge in [0.05, 0.1) is 0 Å². The third kappa shape index (κ3) is 109. The largest absolute Gasteiger partial charge is 0.412 e. The summed E-state index contributed by atoms with van der Waals surface area (Å²) in [5, 5.41) is 0. The molecule has 0 amide bonds. The first-order chi connectivity index (χ1) is 3.46. The second-order valence-corrected chi connectivity index (χ2v) is 8.99. The van der Waals surface area contributed by atoms with Crippen LogP contribution in [0.3, 0.4) is 0 Å². The van der Waals surface area contributed by atoms with E-state index in [-0.39, 0.29) is 7.66 Å². The third-order valence-corrected chi connectivity index (χ3v) is 0. The standard InChI is InChI=1S/CHFI2.CFI2.H2O/c2*2-1(3)4;/h1H;;1H2. The molecule has 0 aliphatic heterocycles. The number of rotatable bonds is 0. The smallest absolute Gasteiger partial charge is 0.262 e. The van der Waals surface area contributed by atoms with E-state index in [4.69, 9.17) is 0 Å². The van der Waals surface area contributed by atoms with E-state index in [2.05, 4.69) is 0 Å². The van der Waals surface area contributed by atoms with Crippen molar-refractivity contribution in [1.82, 2.24) is 0 Å². The van der Waals surface area contributed by atoms with E-state index in [1.165, 1.54) is 0 Å². The average Bonchev–Trinajstić information content (AvgIpc) is 1.25. The molecule has 59 valence electrons. The van der Waals surface area contributed by atoms with Gasteiger partial charge in [-0.3, -0.25) is 0 Å². The molecule has 0 aromatic rings. The maximum atomic E-state index is 11.0. The number of hydrogen-bond donors (Lipinski definition) is 0. The summed E-state index contributed by atoms with van der Waals surface area (Å²) in [7, 11) is 0. The summed E-state index contributed by atoms with van der Waals surface area (Å²) in [5.41, 5.74) is 0. The molecule has 1 nitrogen and oxygen atoms in total. The average molecular weight is 589 g/mol. The summed E-state index contributed by atoms with van der Waals surface area (Å²) in [5.74, 6) is 0. The van der Waals surface area contributed by atoms with Crippen LogP contribution in [0.15, 0.2) is 0 Å². The van der Waals surface area contributed by atoms with Crippen LogP contribution in [0, 0.1) is 2.19 Å². The summed E-state index contributed by atoms with van der Waals surface area (Å²) in [6, 6.07) is 0. The van der Waals surface area contributed by atoms with Gasteiger partial charge in [-0.05, 0) is 90.4 Å². The Bertz CT molecular complexity index is 32.0. The Morgan fingerprint density at radius 3 is 1.22 bits per heavy atom. The molecule has 0 saturated carbocycles. The Morgan fingerprint density at radius 2 is 1.22 bits per heavy atom. The molecule has 0 aliphatic carbocycles. The van der Waals surface area contributed by atoms with Gasteiger partial charge in [0.25, 0.3) is 2.19 Å². The minimum Gasteiger partial charge on any atom is -0.412 e. The van der Waals surface area contributed by atoms with Crippen LogP contribution in [-0.2, 0) is 0 Å². The molecule has 1 radical (unpaired) electrons. The van der Waals surface area contributed by atoms with Crippen molar-refractivity contribution in [3.05, 3.63) is 2.19 Å². The summed E-state index contributed by atoms with van der Waals surface area (Å²) < 4.78 is 21.0. The zero-order valence-corrected chi connectivity index (χ0v) is 12.5. The topological polar surface area (TPSA) is 31.5 Å². The molecule has 0 atom stereocenters. The zero-order chi connectivity index (χ0) is 7.15. The van der Waals surface area contributed by atoms with Gasteiger partial charge in [0.15, 0.2) is 0 Å². The van der Waals surface area contributed by atoms with E-state index < -0.39 is 2.19 Å². The van der Waals surface area contributed by atoms with Crippen molar-refractivity contribution < 1.29 is 14.3 Å². The highest BCUT2D eigenvalue weighted by atomic mass is 127. The van der Waals surface area contributed by atoms with Crippen molar-refractivity contribution >= 4 is 90.4 Å². The number of alkyl halides is 3. The molecule has 0 rings (SSSR count). The molecule has 0 aliphatic rings. The highest BCUT2D eigenvalue weighted by Gasteiger charge is 1.83. The fourth-order valence-electron chi connectivity index (χ4n) is 0. The monoisotopic (exact) mass is 589 g/mol. The van der Waals surface area contributed by atoms with Crippen molar-refractivity contribution in [2.45, 2.75) is 2.19 Å². The number of hydrogen-bond acceptors (Lipinski definition) is 0. The summed E-state index contributed by atoms with van der Waals surface area (Å²) in [4.78, 5) is 0. The molecular weight excluding hydrogens is 586 g/mol. The van der Waals surface area contributed by atoms with E-state index >= 15 is 0 Å². The molecule has 0 bridgehead atoms. The Balaban J connectivity index is -0.0000000720. The van der Waals surface area contributed by atoms with Gasteiger partial charge in [-0.25, -0.2) is 8.78 Å². The second kappa shape index (κ2) is 13.3. The van der Waals surface area contributed by atoms with E-state index in [9.17, 15) is 8.78 Å². The highest BCUT2D eigenvalue weighted by Crippen LogP contribution is 2.19.